The molecule has 1 unspecified atom stereocenters. The maximum Gasteiger partial charge on any atom is 0.315 e. The Morgan fingerprint density at radius 1 is 1.41 bits per heavy atom. The average Bonchev–Trinajstić information content (AvgIpc) is 2.68. The number of aromatic nitrogens is 2. The summed E-state index contributed by atoms with van der Waals surface area (Å²) in [6, 6.07) is -0.227. The number of rotatable bonds is 7. The van der Waals surface area contributed by atoms with Crippen molar-refractivity contribution >= 4 is 6.03 Å². The molecule has 0 spiro atoms. The summed E-state index contributed by atoms with van der Waals surface area (Å²) < 4.78 is 1.84. The highest BCUT2D eigenvalue weighted by Crippen LogP contribution is 2.23. The Hall–Kier alpha value is -1.56. The number of hydrogen-bond donors (Lipinski definition) is 3. The molecule has 0 aromatic carbocycles. The predicted molar refractivity (Wildman–Crippen MR) is 87.7 cm³/mol. The monoisotopic (exact) mass is 310 g/mol. The SMILES string of the molecule is CCC(NC(=O)NCC(C)(C)CCO)c1c(C)nn(C)c1C. The van der Waals surface area contributed by atoms with Gasteiger partial charge in [-0.25, -0.2) is 4.79 Å². The molecule has 6 heteroatoms. The normalized spacial score (nSPS) is 13.0. The van der Waals surface area contributed by atoms with Crippen molar-refractivity contribution in [2.45, 2.75) is 53.5 Å². The standard InChI is InChI=1S/C16H30N4O2/c1-7-13(14-11(2)19-20(6)12(14)3)18-15(22)17-10-16(4,5)8-9-21/h13,21H,7-10H2,1-6H3,(H2,17,18,22). The molecule has 0 aliphatic rings. The number of aliphatic hydroxyl groups excluding tert-OH is 1. The fraction of sp³-hybridized carbons (Fsp3) is 0.750. The molecule has 0 fully saturated rings. The summed E-state index contributed by atoms with van der Waals surface area (Å²) in [6.45, 7) is 10.7. The Morgan fingerprint density at radius 2 is 2.05 bits per heavy atom. The van der Waals surface area contributed by atoms with Gasteiger partial charge in [0.2, 0.25) is 0 Å². The van der Waals surface area contributed by atoms with Crippen molar-refractivity contribution in [1.29, 1.82) is 0 Å². The second-order valence-corrected chi connectivity index (χ2v) is 6.63. The van der Waals surface area contributed by atoms with Crippen LogP contribution in [0.15, 0.2) is 0 Å². The Labute approximate surface area is 133 Å². The van der Waals surface area contributed by atoms with Crippen LogP contribution in [-0.4, -0.2) is 34.1 Å². The van der Waals surface area contributed by atoms with E-state index < -0.39 is 0 Å². The van der Waals surface area contributed by atoms with Crippen molar-refractivity contribution in [3.8, 4) is 0 Å². The molecule has 0 saturated heterocycles. The highest BCUT2D eigenvalue weighted by Gasteiger charge is 2.22. The minimum atomic E-state index is -0.180. The van der Waals surface area contributed by atoms with Crippen LogP contribution in [-0.2, 0) is 7.05 Å². The number of amides is 2. The molecule has 1 heterocycles. The van der Waals surface area contributed by atoms with Crippen molar-refractivity contribution in [2.24, 2.45) is 12.5 Å². The molecule has 0 aliphatic heterocycles. The molecule has 0 aliphatic carbocycles. The number of carbonyl (C=O) groups is 1. The molecular formula is C16H30N4O2. The van der Waals surface area contributed by atoms with Gasteiger partial charge >= 0.3 is 6.03 Å². The van der Waals surface area contributed by atoms with Gasteiger partial charge in [-0.1, -0.05) is 20.8 Å². The van der Waals surface area contributed by atoms with Crippen molar-refractivity contribution in [3.05, 3.63) is 17.0 Å². The number of nitrogens with one attached hydrogen (secondary N) is 2. The van der Waals surface area contributed by atoms with E-state index in [9.17, 15) is 4.79 Å². The Balaban J connectivity index is 2.68. The van der Waals surface area contributed by atoms with Gasteiger partial charge in [-0.15, -0.1) is 0 Å². The Bertz CT molecular complexity index is 508. The first-order valence-corrected chi connectivity index (χ1v) is 7.87. The van der Waals surface area contributed by atoms with Crippen LogP contribution in [0.5, 0.6) is 0 Å². The Morgan fingerprint density at radius 3 is 2.50 bits per heavy atom. The molecule has 1 aromatic rings. The highest BCUT2D eigenvalue weighted by molar-refractivity contribution is 5.74. The van der Waals surface area contributed by atoms with Gasteiger partial charge in [0.1, 0.15) is 0 Å². The van der Waals surface area contributed by atoms with Crippen molar-refractivity contribution in [3.63, 3.8) is 0 Å². The summed E-state index contributed by atoms with van der Waals surface area (Å²) in [5.74, 6) is 0. The summed E-state index contributed by atoms with van der Waals surface area (Å²) in [5, 5.41) is 19.4. The molecular weight excluding hydrogens is 280 g/mol. The highest BCUT2D eigenvalue weighted by atomic mass is 16.3. The van der Waals surface area contributed by atoms with E-state index in [1.54, 1.807) is 0 Å². The fourth-order valence-corrected chi connectivity index (χ4v) is 2.59. The summed E-state index contributed by atoms with van der Waals surface area (Å²) in [4.78, 5) is 12.2. The molecule has 0 saturated carbocycles. The van der Waals surface area contributed by atoms with Gasteiger partial charge in [0.15, 0.2) is 0 Å². The number of urea groups is 1. The van der Waals surface area contributed by atoms with Crippen LogP contribution < -0.4 is 10.6 Å². The molecule has 6 nitrogen and oxygen atoms in total. The smallest absolute Gasteiger partial charge is 0.315 e. The lowest BCUT2D eigenvalue weighted by Gasteiger charge is -2.25. The first kappa shape index (κ1) is 18.5. The molecule has 0 radical (unpaired) electrons. The number of carbonyl (C=O) groups excluding carboxylic acids is 1. The van der Waals surface area contributed by atoms with E-state index in [1.165, 1.54) is 0 Å². The average molecular weight is 310 g/mol. The number of aryl methyl sites for hydroxylation is 2. The van der Waals surface area contributed by atoms with Gasteiger partial charge in [0.25, 0.3) is 0 Å². The second kappa shape index (κ2) is 7.63. The van der Waals surface area contributed by atoms with Crippen molar-refractivity contribution in [1.82, 2.24) is 20.4 Å². The van der Waals surface area contributed by atoms with E-state index in [1.807, 2.05) is 46.3 Å². The van der Waals surface area contributed by atoms with Crippen LogP contribution >= 0.6 is 0 Å². The van der Waals surface area contributed by atoms with Gasteiger partial charge in [-0.05, 0) is 32.1 Å². The van der Waals surface area contributed by atoms with Crippen LogP contribution in [0.1, 0.15) is 56.6 Å². The van der Waals surface area contributed by atoms with Gasteiger partial charge in [-0.2, -0.15) is 5.10 Å². The van der Waals surface area contributed by atoms with Crippen LogP contribution in [0.25, 0.3) is 0 Å². The third-order valence-corrected chi connectivity index (χ3v) is 4.14. The summed E-state index contributed by atoms with van der Waals surface area (Å²) in [6.07, 6.45) is 1.46. The van der Waals surface area contributed by atoms with Crippen LogP contribution in [0.2, 0.25) is 0 Å². The molecule has 2 amide bonds. The van der Waals surface area contributed by atoms with Crippen LogP contribution in [0.4, 0.5) is 4.79 Å². The van der Waals surface area contributed by atoms with Gasteiger partial charge in [0, 0.05) is 31.5 Å². The quantitative estimate of drug-likeness (QED) is 0.722. The topological polar surface area (TPSA) is 79.2 Å². The Kier molecular flexibility index (Phi) is 6.41. The molecule has 0 bridgehead atoms. The zero-order valence-corrected chi connectivity index (χ0v) is 14.7. The van der Waals surface area contributed by atoms with Gasteiger partial charge < -0.3 is 15.7 Å². The van der Waals surface area contributed by atoms with E-state index >= 15 is 0 Å². The number of aliphatic hydroxyl groups is 1. The molecule has 1 atom stereocenters. The first-order valence-electron chi connectivity index (χ1n) is 7.87. The van der Waals surface area contributed by atoms with Crippen LogP contribution in [0.3, 0.4) is 0 Å². The zero-order valence-electron chi connectivity index (χ0n) is 14.7. The largest absolute Gasteiger partial charge is 0.396 e. The number of hydrogen-bond acceptors (Lipinski definition) is 3. The predicted octanol–water partition coefficient (Wildman–Crippen LogP) is 2.20. The lowest BCUT2D eigenvalue weighted by molar-refractivity contribution is 0.200. The minimum absolute atomic E-state index is 0.0466. The first-order chi connectivity index (χ1) is 10.2. The van der Waals surface area contributed by atoms with Crippen molar-refractivity contribution < 1.29 is 9.90 Å². The third-order valence-electron chi connectivity index (χ3n) is 4.14. The van der Waals surface area contributed by atoms with E-state index in [-0.39, 0.29) is 24.1 Å². The van der Waals surface area contributed by atoms with E-state index in [4.69, 9.17) is 5.11 Å². The van der Waals surface area contributed by atoms with Gasteiger partial charge in [0.05, 0.1) is 11.7 Å². The molecule has 1 aromatic heterocycles. The van der Waals surface area contributed by atoms with E-state index in [0.717, 1.165) is 23.4 Å². The maximum atomic E-state index is 12.2. The zero-order chi connectivity index (χ0) is 16.9. The molecule has 3 N–H and O–H groups in total. The summed E-state index contributed by atoms with van der Waals surface area (Å²) in [5.41, 5.74) is 3.00. The summed E-state index contributed by atoms with van der Waals surface area (Å²) >= 11 is 0. The second-order valence-electron chi connectivity index (χ2n) is 6.63. The fourth-order valence-electron chi connectivity index (χ4n) is 2.59. The maximum absolute atomic E-state index is 12.2. The molecule has 1 rings (SSSR count). The van der Waals surface area contributed by atoms with E-state index in [0.29, 0.717) is 13.0 Å². The third kappa shape index (κ3) is 4.73. The molecule has 126 valence electrons. The molecule has 22 heavy (non-hydrogen) atoms. The lowest BCUT2D eigenvalue weighted by atomic mass is 9.90. The van der Waals surface area contributed by atoms with E-state index in [2.05, 4.69) is 15.7 Å². The minimum Gasteiger partial charge on any atom is -0.396 e. The van der Waals surface area contributed by atoms with Crippen LogP contribution in [0, 0.1) is 19.3 Å². The van der Waals surface area contributed by atoms with Gasteiger partial charge in [-0.3, -0.25) is 4.68 Å². The number of nitrogens with zero attached hydrogens (tertiary/aromatic N) is 2. The van der Waals surface area contributed by atoms with Crippen molar-refractivity contribution in [2.75, 3.05) is 13.2 Å². The summed E-state index contributed by atoms with van der Waals surface area (Å²) in [7, 11) is 1.91. The lowest BCUT2D eigenvalue weighted by Crippen LogP contribution is -2.42.